The quantitative estimate of drug-likeness (QED) is 0.609. The second kappa shape index (κ2) is 3.78. The summed E-state index contributed by atoms with van der Waals surface area (Å²) < 4.78 is 0. The number of halogens is 1. The van der Waals surface area contributed by atoms with E-state index >= 15 is 0 Å². The molecule has 1 aliphatic carbocycles. The predicted molar refractivity (Wildman–Crippen MR) is 51.5 cm³/mol. The van der Waals surface area contributed by atoms with Crippen LogP contribution in [0.4, 0.5) is 0 Å². The minimum Gasteiger partial charge on any atom is -0.297 e. The van der Waals surface area contributed by atoms with Gasteiger partial charge in [-0.1, -0.05) is 33.1 Å². The predicted octanol–water partition coefficient (Wildman–Crippen LogP) is 3.15. The summed E-state index contributed by atoms with van der Waals surface area (Å²) in [5.41, 5.74) is 0. The molecule has 0 spiro atoms. The summed E-state index contributed by atoms with van der Waals surface area (Å²) in [6.45, 7) is 3.86. The number of alkyl halides is 1. The van der Waals surface area contributed by atoms with E-state index in [2.05, 4.69) is 0 Å². The maximum absolute atomic E-state index is 11.7. The summed E-state index contributed by atoms with van der Waals surface area (Å²) in [7, 11) is 0. The van der Waals surface area contributed by atoms with Crippen molar-refractivity contribution in [2.45, 2.75) is 50.8 Å². The molecule has 2 heteroatoms. The highest BCUT2D eigenvalue weighted by Gasteiger charge is 2.37. The van der Waals surface area contributed by atoms with Crippen molar-refractivity contribution in [3.05, 3.63) is 0 Å². The molecule has 0 amide bonds. The standard InChI is InChI=1S/C10H17ClO/c1-8(2)9(12)10(11)6-4-3-5-7-10/h8H,3-7H2,1-2H3. The van der Waals surface area contributed by atoms with Gasteiger partial charge in [-0.05, 0) is 12.8 Å². The monoisotopic (exact) mass is 188 g/mol. The van der Waals surface area contributed by atoms with E-state index in [9.17, 15) is 4.79 Å². The summed E-state index contributed by atoms with van der Waals surface area (Å²) in [5.74, 6) is 0.324. The van der Waals surface area contributed by atoms with Gasteiger partial charge >= 0.3 is 0 Å². The van der Waals surface area contributed by atoms with Gasteiger partial charge < -0.3 is 0 Å². The van der Waals surface area contributed by atoms with E-state index in [0.717, 1.165) is 25.7 Å². The topological polar surface area (TPSA) is 17.1 Å². The molecule has 0 saturated heterocycles. The number of carbonyl (C=O) groups is 1. The van der Waals surface area contributed by atoms with E-state index in [1.54, 1.807) is 0 Å². The molecule has 0 aromatic rings. The van der Waals surface area contributed by atoms with Gasteiger partial charge in [0.1, 0.15) is 4.87 Å². The van der Waals surface area contributed by atoms with Crippen LogP contribution < -0.4 is 0 Å². The Morgan fingerprint density at radius 2 is 1.75 bits per heavy atom. The summed E-state index contributed by atoms with van der Waals surface area (Å²) in [6.07, 6.45) is 5.22. The van der Waals surface area contributed by atoms with Crippen molar-refractivity contribution in [3.8, 4) is 0 Å². The summed E-state index contributed by atoms with van der Waals surface area (Å²) >= 11 is 6.27. The van der Waals surface area contributed by atoms with Crippen molar-refractivity contribution in [1.82, 2.24) is 0 Å². The third-order valence-electron chi connectivity index (χ3n) is 2.61. The Kier molecular flexibility index (Phi) is 3.16. The zero-order chi connectivity index (χ0) is 9.19. The lowest BCUT2D eigenvalue weighted by molar-refractivity contribution is -0.125. The van der Waals surface area contributed by atoms with E-state index in [-0.39, 0.29) is 11.7 Å². The first-order chi connectivity index (χ1) is 5.56. The van der Waals surface area contributed by atoms with Crippen LogP contribution in [0.5, 0.6) is 0 Å². The average molecular weight is 189 g/mol. The maximum atomic E-state index is 11.7. The molecule has 0 heterocycles. The highest BCUT2D eigenvalue weighted by Crippen LogP contribution is 2.36. The Morgan fingerprint density at radius 1 is 1.25 bits per heavy atom. The molecule has 1 saturated carbocycles. The highest BCUT2D eigenvalue weighted by molar-refractivity contribution is 6.35. The van der Waals surface area contributed by atoms with E-state index in [4.69, 9.17) is 11.6 Å². The van der Waals surface area contributed by atoms with Crippen LogP contribution in [-0.4, -0.2) is 10.7 Å². The lowest BCUT2D eigenvalue weighted by Gasteiger charge is -2.30. The van der Waals surface area contributed by atoms with Crippen LogP contribution in [0.15, 0.2) is 0 Å². The van der Waals surface area contributed by atoms with Crippen LogP contribution in [0.25, 0.3) is 0 Å². The molecule has 1 fully saturated rings. The van der Waals surface area contributed by atoms with Crippen LogP contribution in [0.1, 0.15) is 46.0 Å². The van der Waals surface area contributed by atoms with Crippen molar-refractivity contribution in [2.75, 3.05) is 0 Å². The third-order valence-corrected chi connectivity index (χ3v) is 3.18. The van der Waals surface area contributed by atoms with Crippen molar-refractivity contribution in [3.63, 3.8) is 0 Å². The van der Waals surface area contributed by atoms with Crippen LogP contribution >= 0.6 is 11.6 Å². The fourth-order valence-electron chi connectivity index (χ4n) is 1.88. The number of hydrogen-bond donors (Lipinski definition) is 0. The lowest BCUT2D eigenvalue weighted by atomic mass is 9.82. The molecule has 0 N–H and O–H groups in total. The van der Waals surface area contributed by atoms with Crippen molar-refractivity contribution < 1.29 is 4.79 Å². The van der Waals surface area contributed by atoms with Gasteiger partial charge in [0.2, 0.25) is 0 Å². The molecule has 0 aromatic carbocycles. The number of rotatable bonds is 2. The largest absolute Gasteiger partial charge is 0.297 e. The molecular weight excluding hydrogens is 172 g/mol. The highest BCUT2D eigenvalue weighted by atomic mass is 35.5. The smallest absolute Gasteiger partial charge is 0.156 e. The Morgan fingerprint density at radius 3 is 2.17 bits per heavy atom. The molecule has 1 nitrogen and oxygen atoms in total. The van der Waals surface area contributed by atoms with E-state index < -0.39 is 4.87 Å². The zero-order valence-electron chi connectivity index (χ0n) is 7.90. The molecule has 0 aliphatic heterocycles. The first-order valence-electron chi connectivity index (χ1n) is 4.79. The molecule has 0 unspecified atom stereocenters. The molecule has 70 valence electrons. The average Bonchev–Trinajstić information content (AvgIpc) is 2.04. The Balaban J connectivity index is 2.62. The van der Waals surface area contributed by atoms with E-state index in [0.29, 0.717) is 0 Å². The molecular formula is C10H17ClO. The summed E-state index contributed by atoms with van der Waals surface area (Å²) in [4.78, 5) is 11.2. The van der Waals surface area contributed by atoms with Gasteiger partial charge in [0.15, 0.2) is 5.78 Å². The molecule has 0 aromatic heterocycles. The maximum Gasteiger partial charge on any atom is 0.156 e. The van der Waals surface area contributed by atoms with Gasteiger partial charge in [0, 0.05) is 5.92 Å². The fourth-order valence-corrected chi connectivity index (χ4v) is 2.36. The molecule has 0 radical (unpaired) electrons. The first-order valence-corrected chi connectivity index (χ1v) is 5.17. The normalized spacial score (nSPS) is 22.7. The van der Waals surface area contributed by atoms with Crippen molar-refractivity contribution >= 4 is 17.4 Å². The van der Waals surface area contributed by atoms with Crippen LogP contribution in [0.3, 0.4) is 0 Å². The van der Waals surface area contributed by atoms with E-state index in [1.165, 1.54) is 6.42 Å². The Labute approximate surface area is 79.5 Å². The van der Waals surface area contributed by atoms with Crippen molar-refractivity contribution in [1.29, 1.82) is 0 Å². The third kappa shape index (κ3) is 2.01. The second-order valence-corrected chi connectivity index (χ2v) is 4.77. The van der Waals surface area contributed by atoms with Crippen molar-refractivity contribution in [2.24, 2.45) is 5.92 Å². The Hall–Kier alpha value is -0.0400. The number of Topliss-reactive ketones (excluding diaryl/α,β-unsaturated/α-hetero) is 1. The van der Waals surface area contributed by atoms with Gasteiger partial charge in [0.25, 0.3) is 0 Å². The number of ketones is 1. The van der Waals surface area contributed by atoms with Gasteiger partial charge in [-0.3, -0.25) is 4.79 Å². The van der Waals surface area contributed by atoms with Gasteiger partial charge in [-0.25, -0.2) is 0 Å². The second-order valence-electron chi connectivity index (χ2n) is 4.04. The van der Waals surface area contributed by atoms with Crippen LogP contribution in [0.2, 0.25) is 0 Å². The summed E-state index contributed by atoms with van der Waals surface area (Å²) in [6, 6.07) is 0. The lowest BCUT2D eigenvalue weighted by Crippen LogP contribution is -2.37. The molecule has 0 bridgehead atoms. The van der Waals surface area contributed by atoms with Crippen LogP contribution in [-0.2, 0) is 4.79 Å². The number of hydrogen-bond acceptors (Lipinski definition) is 1. The first kappa shape index (κ1) is 10.0. The molecule has 12 heavy (non-hydrogen) atoms. The fraction of sp³-hybridized carbons (Fsp3) is 0.900. The molecule has 1 rings (SSSR count). The molecule has 0 atom stereocenters. The minimum atomic E-state index is -0.508. The van der Waals surface area contributed by atoms with E-state index in [1.807, 2.05) is 13.8 Å². The number of carbonyl (C=O) groups excluding carboxylic acids is 1. The van der Waals surface area contributed by atoms with Gasteiger partial charge in [-0.15, -0.1) is 11.6 Å². The minimum absolute atomic E-state index is 0.0839. The molecule has 1 aliphatic rings. The Bertz CT molecular complexity index is 169. The van der Waals surface area contributed by atoms with Crippen LogP contribution in [0, 0.1) is 5.92 Å². The SMILES string of the molecule is CC(C)C(=O)C1(Cl)CCCCC1. The van der Waals surface area contributed by atoms with Gasteiger partial charge in [0.05, 0.1) is 0 Å². The zero-order valence-corrected chi connectivity index (χ0v) is 8.66. The summed E-state index contributed by atoms with van der Waals surface area (Å²) in [5, 5.41) is 0. The van der Waals surface area contributed by atoms with Gasteiger partial charge in [-0.2, -0.15) is 0 Å².